The molecule has 0 bridgehead atoms. The van der Waals surface area contributed by atoms with Crippen LogP contribution in [0, 0.1) is 5.92 Å². The number of carbonyl (C=O) groups excluding carboxylic acids is 2. The van der Waals surface area contributed by atoms with E-state index in [4.69, 9.17) is 4.74 Å². The molecule has 6 heteroatoms. The standard InChI is InChI=1S/C15H23N3O3/c1-10(2)13(21-15(20)12-7-8-16-17-12)14(19)18-9-5-4-6-11(18)3/h7-8,10-11,13H,4-6,9H2,1-3H3,(H,16,17)/t11-,13+/m1/s1. The van der Waals surface area contributed by atoms with Crippen LogP contribution in [0.5, 0.6) is 0 Å². The normalized spacial score (nSPS) is 20.4. The molecule has 0 aliphatic carbocycles. The minimum absolute atomic E-state index is 0.0708. The average Bonchev–Trinajstić information content (AvgIpc) is 2.98. The first kappa shape index (κ1) is 15.5. The number of H-pyrrole nitrogens is 1. The lowest BCUT2D eigenvalue weighted by molar-refractivity contribution is -0.146. The smallest absolute Gasteiger partial charge is 0.357 e. The number of carbonyl (C=O) groups is 2. The molecule has 21 heavy (non-hydrogen) atoms. The summed E-state index contributed by atoms with van der Waals surface area (Å²) in [6, 6.07) is 1.74. The van der Waals surface area contributed by atoms with Crippen LogP contribution in [0.2, 0.25) is 0 Å². The lowest BCUT2D eigenvalue weighted by Crippen LogP contribution is -2.49. The largest absolute Gasteiger partial charge is 0.447 e. The number of aromatic nitrogens is 2. The predicted molar refractivity (Wildman–Crippen MR) is 77.7 cm³/mol. The maximum atomic E-state index is 12.7. The van der Waals surface area contributed by atoms with Gasteiger partial charge in [-0.3, -0.25) is 9.89 Å². The van der Waals surface area contributed by atoms with Crippen LogP contribution >= 0.6 is 0 Å². The molecule has 1 fully saturated rings. The summed E-state index contributed by atoms with van der Waals surface area (Å²) in [5.41, 5.74) is 0.264. The first-order valence-corrected chi connectivity index (χ1v) is 7.51. The number of nitrogens with one attached hydrogen (secondary N) is 1. The average molecular weight is 293 g/mol. The second-order valence-electron chi connectivity index (χ2n) is 5.92. The number of rotatable bonds is 4. The molecule has 1 saturated heterocycles. The minimum Gasteiger partial charge on any atom is -0.447 e. The Morgan fingerprint density at radius 2 is 2.19 bits per heavy atom. The molecular weight excluding hydrogens is 270 g/mol. The first-order valence-electron chi connectivity index (χ1n) is 7.51. The van der Waals surface area contributed by atoms with Gasteiger partial charge in [0, 0.05) is 18.8 Å². The van der Waals surface area contributed by atoms with Gasteiger partial charge in [-0.1, -0.05) is 13.8 Å². The highest BCUT2D eigenvalue weighted by atomic mass is 16.5. The van der Waals surface area contributed by atoms with Gasteiger partial charge in [-0.15, -0.1) is 0 Å². The monoisotopic (exact) mass is 293 g/mol. The highest BCUT2D eigenvalue weighted by molar-refractivity contribution is 5.90. The zero-order chi connectivity index (χ0) is 15.4. The van der Waals surface area contributed by atoms with Crippen LogP contribution in [0.4, 0.5) is 0 Å². The fourth-order valence-corrected chi connectivity index (χ4v) is 2.61. The number of piperidine rings is 1. The Balaban J connectivity index is 2.07. The van der Waals surface area contributed by atoms with Crippen molar-refractivity contribution in [2.24, 2.45) is 5.92 Å². The molecule has 0 aromatic carbocycles. The van der Waals surface area contributed by atoms with E-state index < -0.39 is 12.1 Å². The maximum absolute atomic E-state index is 12.7. The van der Waals surface area contributed by atoms with Crippen molar-refractivity contribution in [1.29, 1.82) is 0 Å². The zero-order valence-corrected chi connectivity index (χ0v) is 12.8. The summed E-state index contributed by atoms with van der Waals surface area (Å²) in [6.07, 6.45) is 3.89. The third-order valence-electron chi connectivity index (χ3n) is 3.89. The van der Waals surface area contributed by atoms with Gasteiger partial charge in [0.15, 0.2) is 6.10 Å². The van der Waals surface area contributed by atoms with Crippen LogP contribution in [0.25, 0.3) is 0 Å². The van der Waals surface area contributed by atoms with Crippen molar-refractivity contribution in [3.63, 3.8) is 0 Å². The molecule has 1 aliphatic heterocycles. The van der Waals surface area contributed by atoms with Crippen LogP contribution in [0.15, 0.2) is 12.3 Å². The van der Waals surface area contributed by atoms with Crippen LogP contribution in [0.3, 0.4) is 0 Å². The molecule has 0 radical (unpaired) electrons. The maximum Gasteiger partial charge on any atom is 0.357 e. The number of esters is 1. The van der Waals surface area contributed by atoms with Crippen molar-refractivity contribution in [1.82, 2.24) is 15.1 Å². The topological polar surface area (TPSA) is 75.3 Å². The second-order valence-corrected chi connectivity index (χ2v) is 5.92. The van der Waals surface area contributed by atoms with E-state index >= 15 is 0 Å². The van der Waals surface area contributed by atoms with E-state index in [1.807, 2.05) is 25.7 Å². The summed E-state index contributed by atoms with van der Waals surface area (Å²) >= 11 is 0. The molecule has 0 unspecified atom stereocenters. The van der Waals surface area contributed by atoms with Gasteiger partial charge < -0.3 is 9.64 Å². The van der Waals surface area contributed by atoms with Crippen molar-refractivity contribution in [2.75, 3.05) is 6.54 Å². The summed E-state index contributed by atoms with van der Waals surface area (Å²) in [6.45, 7) is 6.56. The number of likely N-dealkylation sites (tertiary alicyclic amines) is 1. The molecule has 2 heterocycles. The van der Waals surface area contributed by atoms with E-state index in [2.05, 4.69) is 10.2 Å². The summed E-state index contributed by atoms with van der Waals surface area (Å²) in [5, 5.41) is 6.28. The Kier molecular flexibility index (Phi) is 4.98. The number of ether oxygens (including phenoxy) is 1. The lowest BCUT2D eigenvalue weighted by atomic mass is 10.00. The van der Waals surface area contributed by atoms with Gasteiger partial charge in [0.1, 0.15) is 5.69 Å². The fraction of sp³-hybridized carbons (Fsp3) is 0.667. The minimum atomic E-state index is -0.749. The predicted octanol–water partition coefficient (Wildman–Crippen LogP) is 1.99. The van der Waals surface area contributed by atoms with Crippen molar-refractivity contribution in [2.45, 2.75) is 52.2 Å². The Labute approximate surface area is 124 Å². The molecule has 2 atom stereocenters. The first-order chi connectivity index (χ1) is 10.0. The van der Waals surface area contributed by atoms with Crippen LogP contribution in [-0.4, -0.2) is 45.7 Å². The number of hydrogen-bond acceptors (Lipinski definition) is 4. The molecular formula is C15H23N3O3. The summed E-state index contributed by atoms with van der Waals surface area (Å²) < 4.78 is 5.42. The Morgan fingerprint density at radius 1 is 1.43 bits per heavy atom. The number of amides is 1. The highest BCUT2D eigenvalue weighted by Gasteiger charge is 2.34. The molecule has 1 N–H and O–H groups in total. The van der Waals surface area contributed by atoms with E-state index in [1.54, 1.807) is 0 Å². The zero-order valence-electron chi connectivity index (χ0n) is 12.8. The number of nitrogens with zero attached hydrogens (tertiary/aromatic N) is 2. The molecule has 1 amide bonds. The number of hydrogen-bond donors (Lipinski definition) is 1. The lowest BCUT2D eigenvalue weighted by Gasteiger charge is -2.36. The third-order valence-corrected chi connectivity index (χ3v) is 3.89. The second kappa shape index (κ2) is 6.74. The van der Waals surface area contributed by atoms with Gasteiger partial charge in [0.25, 0.3) is 5.91 Å². The van der Waals surface area contributed by atoms with Crippen LogP contribution in [0.1, 0.15) is 50.5 Å². The molecule has 116 valence electrons. The number of aromatic amines is 1. The van der Waals surface area contributed by atoms with E-state index in [-0.39, 0.29) is 23.6 Å². The SMILES string of the molecule is CC(C)[C@H](OC(=O)c1ccn[nH]1)C(=O)N1CCCC[C@H]1C. The molecule has 0 spiro atoms. The van der Waals surface area contributed by atoms with E-state index in [0.717, 1.165) is 25.8 Å². The van der Waals surface area contributed by atoms with Crippen molar-refractivity contribution in [3.8, 4) is 0 Å². The van der Waals surface area contributed by atoms with Crippen molar-refractivity contribution >= 4 is 11.9 Å². The van der Waals surface area contributed by atoms with E-state index in [9.17, 15) is 9.59 Å². The van der Waals surface area contributed by atoms with E-state index in [1.165, 1.54) is 12.3 Å². The van der Waals surface area contributed by atoms with Gasteiger partial charge in [-0.05, 0) is 38.2 Å². The molecule has 1 aromatic heterocycles. The van der Waals surface area contributed by atoms with Gasteiger partial charge in [0.2, 0.25) is 0 Å². The molecule has 1 aromatic rings. The molecule has 2 rings (SSSR count). The molecule has 0 saturated carbocycles. The summed E-state index contributed by atoms with van der Waals surface area (Å²) in [4.78, 5) is 26.5. The third kappa shape index (κ3) is 3.62. The van der Waals surface area contributed by atoms with Gasteiger partial charge >= 0.3 is 5.97 Å². The Hall–Kier alpha value is -1.85. The quantitative estimate of drug-likeness (QED) is 0.861. The van der Waals surface area contributed by atoms with Gasteiger partial charge in [0.05, 0.1) is 0 Å². The molecule has 6 nitrogen and oxygen atoms in total. The summed E-state index contributed by atoms with van der Waals surface area (Å²) in [5.74, 6) is -0.701. The Morgan fingerprint density at radius 3 is 2.76 bits per heavy atom. The molecule has 1 aliphatic rings. The van der Waals surface area contributed by atoms with Crippen molar-refractivity contribution < 1.29 is 14.3 Å². The summed E-state index contributed by atoms with van der Waals surface area (Å²) in [7, 11) is 0. The van der Waals surface area contributed by atoms with Gasteiger partial charge in [-0.2, -0.15) is 5.10 Å². The van der Waals surface area contributed by atoms with Gasteiger partial charge in [-0.25, -0.2) is 4.79 Å². The highest BCUT2D eigenvalue weighted by Crippen LogP contribution is 2.21. The van der Waals surface area contributed by atoms with E-state index in [0.29, 0.717) is 0 Å². The van der Waals surface area contributed by atoms with Crippen LogP contribution < -0.4 is 0 Å². The fourth-order valence-electron chi connectivity index (χ4n) is 2.61. The Bertz CT molecular complexity index is 484. The van der Waals surface area contributed by atoms with Crippen LogP contribution in [-0.2, 0) is 9.53 Å². The van der Waals surface area contributed by atoms with Crippen molar-refractivity contribution in [3.05, 3.63) is 18.0 Å².